The Morgan fingerprint density at radius 2 is 1.03 bits per heavy atom. The largest absolute Gasteiger partial charge is 0.494 e. The van der Waals surface area contributed by atoms with Crippen LogP contribution in [0.1, 0.15) is 25.0 Å². The molecule has 0 aliphatic carbocycles. The third-order valence-corrected chi connectivity index (χ3v) is 11.0. The summed E-state index contributed by atoms with van der Waals surface area (Å²) in [5.74, 6) is 1.68. The first kappa shape index (κ1) is 25.1. The molecule has 2 aromatic carbocycles. The van der Waals surface area contributed by atoms with Gasteiger partial charge in [-0.3, -0.25) is 0 Å². The molecule has 168 valence electrons. The van der Waals surface area contributed by atoms with E-state index in [-0.39, 0.29) is 5.41 Å². The molecule has 0 saturated heterocycles. The molecule has 0 bridgehead atoms. The first-order valence-electron chi connectivity index (χ1n) is 10.5. The van der Waals surface area contributed by atoms with Gasteiger partial charge < -0.3 is 18.3 Å². The predicted molar refractivity (Wildman–Crippen MR) is 134 cm³/mol. The van der Waals surface area contributed by atoms with Gasteiger partial charge in [0.2, 0.25) is 16.6 Å². The van der Waals surface area contributed by atoms with Crippen LogP contribution in [0.2, 0.25) is 13.1 Å². The van der Waals surface area contributed by atoms with Gasteiger partial charge in [0, 0.05) is 19.6 Å². The van der Waals surface area contributed by atoms with Crippen LogP contribution in [0.5, 0.6) is 11.5 Å². The third-order valence-electron chi connectivity index (χ3n) is 6.00. The summed E-state index contributed by atoms with van der Waals surface area (Å²) in [6, 6.07) is 16.6. The Morgan fingerprint density at radius 3 is 1.29 bits per heavy atom. The number of rotatable bonds is 12. The topological polar surface area (TPSA) is 36.9 Å². The lowest BCUT2D eigenvalue weighted by Gasteiger charge is -2.27. The molecule has 2 aromatic rings. The SMILES string of the molecule is C=C[Si](C)(COc1ccc(C(C)(C)c2ccc(OC[Si](C)(C=C)OC)cc2)cc1)OC. The first-order chi connectivity index (χ1) is 14.6. The van der Waals surface area contributed by atoms with E-state index in [1.54, 1.807) is 14.2 Å². The molecule has 0 fully saturated rings. The summed E-state index contributed by atoms with van der Waals surface area (Å²) in [6.45, 7) is 16.4. The third kappa shape index (κ3) is 6.43. The highest BCUT2D eigenvalue weighted by atomic mass is 28.4. The average Bonchev–Trinajstić information content (AvgIpc) is 2.81. The van der Waals surface area contributed by atoms with Gasteiger partial charge in [-0.05, 0) is 48.5 Å². The van der Waals surface area contributed by atoms with Gasteiger partial charge >= 0.3 is 0 Å². The summed E-state index contributed by atoms with van der Waals surface area (Å²) in [7, 11) is -0.549. The number of benzene rings is 2. The first-order valence-corrected chi connectivity index (χ1v) is 15.8. The fourth-order valence-corrected chi connectivity index (χ4v) is 4.67. The monoisotopic (exact) mass is 456 g/mol. The van der Waals surface area contributed by atoms with Crippen molar-refractivity contribution in [3.63, 3.8) is 0 Å². The second-order valence-corrected chi connectivity index (χ2v) is 16.2. The van der Waals surface area contributed by atoms with Gasteiger partial charge in [-0.15, -0.1) is 13.2 Å². The van der Waals surface area contributed by atoms with Crippen molar-refractivity contribution in [2.45, 2.75) is 32.4 Å². The van der Waals surface area contributed by atoms with Gasteiger partial charge in [0.15, 0.2) is 0 Å². The lowest BCUT2D eigenvalue weighted by molar-refractivity contribution is 0.323. The second-order valence-electron chi connectivity index (χ2n) is 8.69. The van der Waals surface area contributed by atoms with Gasteiger partial charge in [-0.25, -0.2) is 0 Å². The summed E-state index contributed by atoms with van der Waals surface area (Å²) >= 11 is 0. The van der Waals surface area contributed by atoms with Crippen molar-refractivity contribution in [2.24, 2.45) is 0 Å². The van der Waals surface area contributed by atoms with E-state index in [9.17, 15) is 0 Å². The molecule has 2 rings (SSSR count). The maximum atomic E-state index is 5.95. The molecule has 6 heteroatoms. The van der Waals surface area contributed by atoms with Crippen LogP contribution < -0.4 is 9.47 Å². The fraction of sp³-hybridized carbons (Fsp3) is 0.360. The van der Waals surface area contributed by atoms with E-state index >= 15 is 0 Å². The van der Waals surface area contributed by atoms with Crippen LogP contribution in [0.4, 0.5) is 0 Å². The van der Waals surface area contributed by atoms with Gasteiger partial charge in [-0.2, -0.15) is 0 Å². The number of hydrogen-bond donors (Lipinski definition) is 0. The molecule has 0 heterocycles. The highest BCUT2D eigenvalue weighted by molar-refractivity contribution is 6.77. The molecule has 0 aliphatic heterocycles. The highest BCUT2D eigenvalue weighted by Gasteiger charge is 2.27. The fourth-order valence-electron chi connectivity index (χ4n) is 2.96. The van der Waals surface area contributed by atoms with E-state index < -0.39 is 16.6 Å². The highest BCUT2D eigenvalue weighted by Crippen LogP contribution is 2.33. The molecular weight excluding hydrogens is 420 g/mol. The minimum Gasteiger partial charge on any atom is -0.494 e. The summed E-state index contributed by atoms with van der Waals surface area (Å²) in [4.78, 5) is 0. The van der Waals surface area contributed by atoms with Crippen LogP contribution in [0.3, 0.4) is 0 Å². The lowest BCUT2D eigenvalue weighted by Crippen LogP contribution is -2.38. The minimum atomic E-state index is -1.99. The van der Waals surface area contributed by atoms with Crippen molar-refractivity contribution >= 4 is 16.6 Å². The molecule has 0 radical (unpaired) electrons. The molecule has 4 nitrogen and oxygen atoms in total. The zero-order chi connectivity index (χ0) is 23.1. The molecule has 0 aliphatic rings. The Kier molecular flexibility index (Phi) is 8.48. The van der Waals surface area contributed by atoms with E-state index in [4.69, 9.17) is 18.3 Å². The maximum Gasteiger partial charge on any atom is 0.250 e. The smallest absolute Gasteiger partial charge is 0.250 e. The van der Waals surface area contributed by atoms with Crippen LogP contribution >= 0.6 is 0 Å². The molecular formula is C25H36O4Si2. The maximum absolute atomic E-state index is 5.95. The summed E-state index contributed by atoms with van der Waals surface area (Å²) in [5.41, 5.74) is 6.08. The standard InChI is InChI=1S/C25H36O4Si2/c1-9-30(7,26-5)19-28-23-15-11-21(12-16-23)25(3,4)22-13-17-24(18-14-22)29-20-31(8,10-2)27-6/h9-18H,1-2,19-20H2,3-8H3. The normalized spacial score (nSPS) is 15.4. The zero-order valence-electron chi connectivity index (χ0n) is 19.7. The molecule has 2 atom stereocenters. The van der Waals surface area contributed by atoms with E-state index in [2.05, 4.69) is 64.4 Å². The Balaban J connectivity index is 2.07. The van der Waals surface area contributed by atoms with Crippen molar-refractivity contribution in [3.8, 4) is 11.5 Å². The quantitative estimate of drug-likeness (QED) is 0.382. The Hall–Kier alpha value is -2.13. The molecule has 0 amide bonds. The molecule has 0 spiro atoms. The zero-order valence-corrected chi connectivity index (χ0v) is 21.7. The van der Waals surface area contributed by atoms with Gasteiger partial charge in [0.25, 0.3) is 0 Å². The van der Waals surface area contributed by atoms with Crippen molar-refractivity contribution in [1.29, 1.82) is 0 Å². The molecule has 31 heavy (non-hydrogen) atoms. The van der Waals surface area contributed by atoms with Crippen molar-refractivity contribution < 1.29 is 18.3 Å². The van der Waals surface area contributed by atoms with E-state index in [0.717, 1.165) is 11.5 Å². The lowest BCUT2D eigenvalue weighted by atomic mass is 9.78. The van der Waals surface area contributed by atoms with Gasteiger partial charge in [0.05, 0.1) is 0 Å². The van der Waals surface area contributed by atoms with Gasteiger partial charge in [0.1, 0.15) is 24.0 Å². The number of hydrogen-bond acceptors (Lipinski definition) is 4. The number of ether oxygens (including phenoxy) is 2. The van der Waals surface area contributed by atoms with Crippen molar-refractivity contribution in [1.82, 2.24) is 0 Å². The molecule has 2 unspecified atom stereocenters. The summed E-state index contributed by atoms with van der Waals surface area (Å²) in [6.07, 6.45) is 1.10. The molecule has 0 N–H and O–H groups in total. The van der Waals surface area contributed by atoms with Crippen molar-refractivity contribution in [3.05, 3.63) is 84.2 Å². The molecule has 0 saturated carbocycles. The Labute approximate surface area is 189 Å². The molecule has 0 aromatic heterocycles. The van der Waals surface area contributed by atoms with Crippen molar-refractivity contribution in [2.75, 3.05) is 26.7 Å². The van der Waals surface area contributed by atoms with Crippen LogP contribution in [0, 0.1) is 0 Å². The van der Waals surface area contributed by atoms with Crippen LogP contribution in [-0.4, -0.2) is 43.3 Å². The minimum absolute atomic E-state index is 0.148. The Bertz CT molecular complexity index is 793. The van der Waals surface area contributed by atoms with E-state index in [0.29, 0.717) is 12.5 Å². The van der Waals surface area contributed by atoms with Crippen LogP contribution in [0.15, 0.2) is 73.1 Å². The van der Waals surface area contributed by atoms with E-state index in [1.807, 2.05) is 35.7 Å². The van der Waals surface area contributed by atoms with Crippen LogP contribution in [0.25, 0.3) is 0 Å². The summed E-state index contributed by atoms with van der Waals surface area (Å²) < 4.78 is 23.1. The average molecular weight is 457 g/mol. The summed E-state index contributed by atoms with van der Waals surface area (Å²) in [5, 5.41) is 0. The van der Waals surface area contributed by atoms with Gasteiger partial charge in [-0.1, -0.05) is 49.5 Å². The predicted octanol–water partition coefficient (Wildman–Crippen LogP) is 5.74. The van der Waals surface area contributed by atoms with Crippen LogP contribution in [-0.2, 0) is 14.3 Å². The van der Waals surface area contributed by atoms with E-state index in [1.165, 1.54) is 11.1 Å². The second kappa shape index (κ2) is 10.5. The Morgan fingerprint density at radius 1 is 0.710 bits per heavy atom.